The van der Waals surface area contributed by atoms with Crippen molar-refractivity contribution in [3.05, 3.63) is 18.9 Å². The van der Waals surface area contributed by atoms with Crippen molar-refractivity contribution in [2.75, 3.05) is 0 Å². The van der Waals surface area contributed by atoms with Crippen molar-refractivity contribution in [1.29, 1.82) is 0 Å². The smallest absolute Gasteiger partial charge is 0.157 e. The van der Waals surface area contributed by atoms with E-state index in [0.29, 0.717) is 0 Å². The molecule has 0 aliphatic carbocycles. The Kier molecular flexibility index (Phi) is 2.24. The Balaban J connectivity index is 2.30. The molecule has 0 saturated heterocycles. The lowest BCUT2D eigenvalue weighted by Crippen LogP contribution is -1.78. The topological polar surface area (TPSA) is 38.9 Å². The Labute approximate surface area is 54.0 Å². The van der Waals surface area contributed by atoms with Gasteiger partial charge in [0.25, 0.3) is 0 Å². The molecule has 0 unspecified atom stereocenters. The van der Waals surface area contributed by atoms with E-state index in [1.54, 1.807) is 6.20 Å². The molecule has 0 fully saturated rings. The van der Waals surface area contributed by atoms with Crippen LogP contribution in [0, 0.1) is 6.92 Å². The van der Waals surface area contributed by atoms with Crippen LogP contribution in [-0.4, -0.2) is 10.4 Å². The standard InChI is InChI=1S/C6H9N2O/c1-2-3-4-6-5-7-8-9-6/h5H,1-4H2. The molecule has 3 heteroatoms. The SMILES string of the molecule is [CH2]CCCc1cnno1. The van der Waals surface area contributed by atoms with Crippen LogP contribution < -0.4 is 0 Å². The number of unbranched alkanes of at least 4 members (excludes halogenated alkanes) is 1. The Morgan fingerprint density at radius 3 is 3.11 bits per heavy atom. The van der Waals surface area contributed by atoms with Gasteiger partial charge in [0.15, 0.2) is 5.76 Å². The minimum Gasteiger partial charge on any atom is -0.342 e. The molecule has 1 aromatic rings. The van der Waals surface area contributed by atoms with Gasteiger partial charge in [0.05, 0.1) is 6.20 Å². The van der Waals surface area contributed by atoms with Crippen molar-refractivity contribution in [3.63, 3.8) is 0 Å². The average Bonchev–Trinajstić information content (AvgIpc) is 2.34. The van der Waals surface area contributed by atoms with Crippen LogP contribution in [0.3, 0.4) is 0 Å². The molecule has 0 saturated carbocycles. The molecule has 0 atom stereocenters. The molecule has 1 rings (SSSR count). The second kappa shape index (κ2) is 3.22. The molecule has 0 aliphatic rings. The molecule has 9 heavy (non-hydrogen) atoms. The molecule has 0 amide bonds. The Hall–Kier alpha value is -0.860. The van der Waals surface area contributed by atoms with Gasteiger partial charge in [-0.25, -0.2) is 0 Å². The van der Waals surface area contributed by atoms with Gasteiger partial charge in [-0.15, -0.1) is 5.10 Å². The maximum absolute atomic E-state index is 4.75. The van der Waals surface area contributed by atoms with E-state index in [4.69, 9.17) is 4.52 Å². The first-order valence-electron chi connectivity index (χ1n) is 2.99. The van der Waals surface area contributed by atoms with Gasteiger partial charge in [-0.1, -0.05) is 13.3 Å². The highest BCUT2D eigenvalue weighted by Gasteiger charge is 1.94. The maximum Gasteiger partial charge on any atom is 0.157 e. The molecule has 1 radical (unpaired) electrons. The van der Waals surface area contributed by atoms with E-state index in [2.05, 4.69) is 17.3 Å². The van der Waals surface area contributed by atoms with Crippen LogP contribution in [0.4, 0.5) is 0 Å². The summed E-state index contributed by atoms with van der Waals surface area (Å²) in [4.78, 5) is 0. The van der Waals surface area contributed by atoms with Crippen molar-refractivity contribution in [3.8, 4) is 0 Å². The van der Waals surface area contributed by atoms with Gasteiger partial charge in [0.1, 0.15) is 0 Å². The predicted molar refractivity (Wildman–Crippen MR) is 32.6 cm³/mol. The third-order valence-electron chi connectivity index (χ3n) is 1.08. The molecule has 0 bridgehead atoms. The van der Waals surface area contributed by atoms with Crippen LogP contribution in [0.25, 0.3) is 0 Å². The average molecular weight is 125 g/mol. The van der Waals surface area contributed by atoms with Gasteiger partial charge < -0.3 is 4.52 Å². The summed E-state index contributed by atoms with van der Waals surface area (Å²) in [6, 6.07) is 0. The number of hydrogen-bond acceptors (Lipinski definition) is 3. The van der Waals surface area contributed by atoms with Crippen molar-refractivity contribution in [1.82, 2.24) is 10.4 Å². The number of rotatable bonds is 3. The Bertz CT molecular complexity index is 148. The minimum absolute atomic E-state index is 0.846. The summed E-state index contributed by atoms with van der Waals surface area (Å²) in [5.41, 5.74) is 0. The fourth-order valence-corrected chi connectivity index (χ4v) is 0.597. The monoisotopic (exact) mass is 125 g/mol. The number of aryl methyl sites for hydroxylation is 1. The zero-order valence-electron chi connectivity index (χ0n) is 5.21. The number of hydrogen-bond donors (Lipinski definition) is 0. The summed E-state index contributed by atoms with van der Waals surface area (Å²) < 4.78 is 4.75. The van der Waals surface area contributed by atoms with Crippen LogP contribution in [-0.2, 0) is 6.42 Å². The summed E-state index contributed by atoms with van der Waals surface area (Å²) in [5.74, 6) is 0.846. The molecule has 3 nitrogen and oxygen atoms in total. The second-order valence-electron chi connectivity index (χ2n) is 1.84. The lowest BCUT2D eigenvalue weighted by atomic mass is 10.2. The van der Waals surface area contributed by atoms with Gasteiger partial charge in [-0.3, -0.25) is 0 Å². The molecule has 0 spiro atoms. The fourth-order valence-electron chi connectivity index (χ4n) is 0.597. The Morgan fingerprint density at radius 1 is 1.67 bits per heavy atom. The first kappa shape index (κ1) is 6.26. The zero-order valence-corrected chi connectivity index (χ0v) is 5.21. The van der Waals surface area contributed by atoms with Gasteiger partial charge in [-0.2, -0.15) is 0 Å². The molecular weight excluding hydrogens is 116 g/mol. The normalized spacial score (nSPS) is 9.89. The van der Waals surface area contributed by atoms with Gasteiger partial charge in [0, 0.05) is 11.7 Å². The largest absolute Gasteiger partial charge is 0.342 e. The summed E-state index contributed by atoms with van der Waals surface area (Å²) in [6.45, 7) is 3.70. The summed E-state index contributed by atoms with van der Waals surface area (Å²) >= 11 is 0. The van der Waals surface area contributed by atoms with Crippen LogP contribution in [0.2, 0.25) is 0 Å². The highest BCUT2D eigenvalue weighted by molar-refractivity contribution is 4.84. The van der Waals surface area contributed by atoms with E-state index >= 15 is 0 Å². The Morgan fingerprint density at radius 2 is 2.56 bits per heavy atom. The van der Waals surface area contributed by atoms with E-state index in [1.165, 1.54) is 0 Å². The summed E-state index contributed by atoms with van der Waals surface area (Å²) in [5, 5.41) is 6.87. The second-order valence-corrected chi connectivity index (χ2v) is 1.84. The molecule has 49 valence electrons. The summed E-state index contributed by atoms with van der Waals surface area (Å²) in [6.07, 6.45) is 4.50. The number of nitrogens with zero attached hydrogens (tertiary/aromatic N) is 2. The summed E-state index contributed by atoms with van der Waals surface area (Å²) in [7, 11) is 0. The van der Waals surface area contributed by atoms with Crippen LogP contribution >= 0.6 is 0 Å². The lowest BCUT2D eigenvalue weighted by Gasteiger charge is -1.87. The van der Waals surface area contributed by atoms with Gasteiger partial charge in [-0.05, 0) is 6.42 Å². The quantitative estimate of drug-likeness (QED) is 0.609. The highest BCUT2D eigenvalue weighted by atomic mass is 16.5. The lowest BCUT2D eigenvalue weighted by molar-refractivity contribution is 0.360. The minimum atomic E-state index is 0.846. The molecule has 0 aromatic carbocycles. The van der Waals surface area contributed by atoms with Gasteiger partial charge >= 0.3 is 0 Å². The highest BCUT2D eigenvalue weighted by Crippen LogP contribution is 1.99. The molecule has 0 N–H and O–H groups in total. The predicted octanol–water partition coefficient (Wildman–Crippen LogP) is 1.23. The van der Waals surface area contributed by atoms with Crippen LogP contribution in [0.1, 0.15) is 18.6 Å². The van der Waals surface area contributed by atoms with E-state index in [0.717, 1.165) is 25.0 Å². The molecule has 1 aromatic heterocycles. The maximum atomic E-state index is 4.75. The van der Waals surface area contributed by atoms with Crippen molar-refractivity contribution in [2.24, 2.45) is 0 Å². The molecule has 0 aliphatic heterocycles. The zero-order chi connectivity index (χ0) is 6.53. The fraction of sp³-hybridized carbons (Fsp3) is 0.500. The first-order chi connectivity index (χ1) is 4.43. The number of aromatic nitrogens is 2. The van der Waals surface area contributed by atoms with Crippen molar-refractivity contribution >= 4 is 0 Å². The van der Waals surface area contributed by atoms with Gasteiger partial charge in [0.2, 0.25) is 0 Å². The van der Waals surface area contributed by atoms with E-state index in [-0.39, 0.29) is 0 Å². The third-order valence-corrected chi connectivity index (χ3v) is 1.08. The molecular formula is C6H9N2O. The van der Waals surface area contributed by atoms with Crippen LogP contribution in [0.15, 0.2) is 10.7 Å². The van der Waals surface area contributed by atoms with Crippen LogP contribution in [0.5, 0.6) is 0 Å². The third kappa shape index (κ3) is 1.83. The van der Waals surface area contributed by atoms with E-state index in [9.17, 15) is 0 Å². The molecule has 1 heterocycles. The van der Waals surface area contributed by atoms with Crippen molar-refractivity contribution < 1.29 is 4.52 Å². The van der Waals surface area contributed by atoms with Crippen molar-refractivity contribution in [2.45, 2.75) is 19.3 Å². The van der Waals surface area contributed by atoms with E-state index in [1.807, 2.05) is 0 Å². The van der Waals surface area contributed by atoms with E-state index < -0.39 is 0 Å². The first-order valence-corrected chi connectivity index (χ1v) is 2.99.